The topological polar surface area (TPSA) is 66.3 Å². The van der Waals surface area contributed by atoms with Gasteiger partial charge >= 0.3 is 0 Å². The summed E-state index contributed by atoms with van der Waals surface area (Å²) in [4.78, 5) is 4.86. The van der Waals surface area contributed by atoms with Gasteiger partial charge in [-0.25, -0.2) is 4.98 Å². The number of aromatic nitrogens is 4. The lowest BCUT2D eigenvalue weighted by Crippen LogP contribution is -2.29. The molecular weight excluding hydrogens is 382 g/mol. The summed E-state index contributed by atoms with van der Waals surface area (Å²) in [7, 11) is 0. The van der Waals surface area contributed by atoms with Gasteiger partial charge in [0.25, 0.3) is 0 Å². The van der Waals surface area contributed by atoms with Crippen LogP contribution in [0.5, 0.6) is 0 Å². The quantitative estimate of drug-likeness (QED) is 0.515. The van der Waals surface area contributed by atoms with Crippen LogP contribution in [0.4, 0.5) is 5.82 Å². The number of hydrogen-bond acceptors (Lipinski definition) is 4. The van der Waals surface area contributed by atoms with Crippen LogP contribution < -0.4 is 10.0 Å². The molecule has 4 rings (SSSR count). The maximum atomic E-state index is 9.55. The molecule has 1 aliphatic rings. The molecule has 1 aliphatic carbocycles. The van der Waals surface area contributed by atoms with E-state index in [0.717, 1.165) is 31.9 Å². The summed E-state index contributed by atoms with van der Waals surface area (Å²) in [5.41, 5.74) is 2.97. The largest absolute Gasteiger partial charge is 0.366 e. The Labute approximate surface area is 154 Å². The van der Waals surface area contributed by atoms with Crippen LogP contribution in [-0.2, 0) is 6.54 Å². The number of halogens is 1. The third-order valence-corrected chi connectivity index (χ3v) is 5.35. The highest BCUT2D eigenvalue weighted by atomic mass is 79.9. The fourth-order valence-corrected chi connectivity index (χ4v) is 3.84. The van der Waals surface area contributed by atoms with Crippen molar-refractivity contribution in [2.75, 3.05) is 5.32 Å². The van der Waals surface area contributed by atoms with Gasteiger partial charge in [0.05, 0.1) is 10.7 Å². The highest BCUT2D eigenvalue weighted by molar-refractivity contribution is 9.10. The minimum Gasteiger partial charge on any atom is -0.366 e. The van der Waals surface area contributed by atoms with Crippen LogP contribution in [0.2, 0.25) is 0 Å². The van der Waals surface area contributed by atoms with Crippen molar-refractivity contribution in [3.8, 4) is 0 Å². The highest BCUT2D eigenvalue weighted by Gasteiger charge is 2.20. The van der Waals surface area contributed by atoms with E-state index >= 15 is 0 Å². The van der Waals surface area contributed by atoms with Crippen molar-refractivity contribution in [3.63, 3.8) is 0 Å². The van der Waals surface area contributed by atoms with E-state index in [1.165, 1.54) is 32.1 Å². The maximum Gasteiger partial charge on any atom is 0.227 e. The molecule has 1 fully saturated rings. The molecule has 0 unspecified atom stereocenters. The summed E-state index contributed by atoms with van der Waals surface area (Å²) in [6.45, 7) is 0.599. The Hall–Kier alpha value is -2.15. The van der Waals surface area contributed by atoms with Crippen LogP contribution in [-0.4, -0.2) is 19.8 Å². The van der Waals surface area contributed by atoms with E-state index in [4.69, 9.17) is 4.98 Å². The summed E-state index contributed by atoms with van der Waals surface area (Å²) in [5, 5.41) is 17.4. The van der Waals surface area contributed by atoms with Crippen LogP contribution in [0.1, 0.15) is 49.3 Å². The lowest BCUT2D eigenvalue weighted by molar-refractivity contribution is -0.905. The van der Waals surface area contributed by atoms with Gasteiger partial charge in [0.1, 0.15) is 5.82 Å². The van der Waals surface area contributed by atoms with Crippen molar-refractivity contribution in [2.45, 2.75) is 44.6 Å². The second kappa shape index (κ2) is 7.00. The molecular formula is C18H21BrN5O+. The zero-order chi connectivity index (χ0) is 17.2. The minimum absolute atomic E-state index is 0.525. The summed E-state index contributed by atoms with van der Waals surface area (Å²) in [5.74, 6) is 1.45. The summed E-state index contributed by atoms with van der Waals surface area (Å²) in [6.07, 6.45) is 11.4. The maximum absolute atomic E-state index is 9.55. The van der Waals surface area contributed by atoms with Gasteiger partial charge in [0, 0.05) is 40.6 Å². The number of anilines is 1. The van der Waals surface area contributed by atoms with Gasteiger partial charge in [0.15, 0.2) is 5.65 Å². The number of rotatable bonds is 4. The number of nitrogens with one attached hydrogen (secondary N) is 1. The van der Waals surface area contributed by atoms with Gasteiger partial charge in [-0.1, -0.05) is 19.3 Å². The van der Waals surface area contributed by atoms with Gasteiger partial charge < -0.3 is 5.32 Å². The van der Waals surface area contributed by atoms with E-state index in [1.54, 1.807) is 18.6 Å². The minimum atomic E-state index is 0.525. The summed E-state index contributed by atoms with van der Waals surface area (Å²) < 4.78 is 3.80. The molecule has 0 bridgehead atoms. The fraction of sp³-hybridized carbons (Fsp3) is 0.389. The van der Waals surface area contributed by atoms with Gasteiger partial charge in [-0.05, 0) is 34.8 Å². The molecule has 25 heavy (non-hydrogen) atoms. The molecule has 2 N–H and O–H groups in total. The summed E-state index contributed by atoms with van der Waals surface area (Å²) in [6, 6.07) is 5.91. The van der Waals surface area contributed by atoms with Crippen LogP contribution in [0, 0.1) is 0 Å². The molecule has 0 aromatic carbocycles. The van der Waals surface area contributed by atoms with Crippen molar-refractivity contribution in [1.82, 2.24) is 14.6 Å². The van der Waals surface area contributed by atoms with Gasteiger partial charge in [-0.15, -0.1) is 0 Å². The Morgan fingerprint density at radius 3 is 2.96 bits per heavy atom. The molecule has 7 heteroatoms. The Bertz CT molecular complexity index is 888. The predicted octanol–water partition coefficient (Wildman–Crippen LogP) is 3.68. The van der Waals surface area contributed by atoms with Crippen LogP contribution in [0.15, 0.2) is 41.3 Å². The lowest BCUT2D eigenvalue weighted by atomic mass is 9.87. The smallest absolute Gasteiger partial charge is 0.227 e. The van der Waals surface area contributed by atoms with E-state index < -0.39 is 0 Å². The van der Waals surface area contributed by atoms with Gasteiger partial charge in [0.2, 0.25) is 12.4 Å². The van der Waals surface area contributed by atoms with E-state index in [9.17, 15) is 5.21 Å². The first kappa shape index (κ1) is 16.3. The molecule has 1 saturated carbocycles. The van der Waals surface area contributed by atoms with Gasteiger partial charge in [-0.3, -0.25) is 5.21 Å². The Kier molecular flexibility index (Phi) is 4.57. The predicted molar refractivity (Wildman–Crippen MR) is 97.7 cm³/mol. The molecule has 0 amide bonds. The monoisotopic (exact) mass is 402 g/mol. The number of pyridine rings is 1. The Morgan fingerprint density at radius 2 is 2.16 bits per heavy atom. The van der Waals surface area contributed by atoms with E-state index in [-0.39, 0.29) is 0 Å². The number of hydrogen-bond donors (Lipinski definition) is 2. The van der Waals surface area contributed by atoms with Crippen molar-refractivity contribution >= 4 is 27.4 Å². The van der Waals surface area contributed by atoms with Crippen LogP contribution in [0.25, 0.3) is 5.65 Å². The van der Waals surface area contributed by atoms with Crippen molar-refractivity contribution in [3.05, 3.63) is 52.5 Å². The first-order chi connectivity index (χ1) is 12.2. The normalized spacial score (nSPS) is 15.6. The zero-order valence-corrected chi connectivity index (χ0v) is 15.5. The molecule has 130 valence electrons. The highest BCUT2D eigenvalue weighted by Crippen LogP contribution is 2.33. The molecule has 3 heterocycles. The third-order valence-electron chi connectivity index (χ3n) is 4.79. The van der Waals surface area contributed by atoms with Crippen molar-refractivity contribution in [1.29, 1.82) is 0 Å². The molecule has 0 spiro atoms. The van der Waals surface area contributed by atoms with Crippen LogP contribution in [0.3, 0.4) is 0 Å². The third kappa shape index (κ3) is 3.46. The Morgan fingerprint density at radius 1 is 1.32 bits per heavy atom. The standard InChI is InChI=1S/C18H21BrN5O/c19-15-11-21-24-17(20-10-13-5-4-8-23(25)12-13)9-16(22-18(15)24)14-6-2-1-3-7-14/h4-5,8-9,11-12,14,20,25H,1-3,6-7,10H2/q+1. The zero-order valence-electron chi connectivity index (χ0n) is 13.9. The second-order valence-electron chi connectivity index (χ2n) is 6.57. The average Bonchev–Trinajstić information content (AvgIpc) is 3.02. The van der Waals surface area contributed by atoms with Gasteiger partial charge in [-0.2, -0.15) is 9.61 Å². The van der Waals surface area contributed by atoms with Crippen molar-refractivity contribution < 1.29 is 9.94 Å². The van der Waals surface area contributed by atoms with Crippen molar-refractivity contribution in [2.24, 2.45) is 0 Å². The number of nitrogens with zero attached hydrogens (tertiary/aromatic N) is 4. The lowest BCUT2D eigenvalue weighted by Gasteiger charge is -2.22. The number of fused-ring (bicyclic) bond motifs is 1. The Balaban J connectivity index is 1.66. The SMILES string of the molecule is O[n+]1cccc(CNc2cc(C3CCCCC3)nc3c(Br)cnn23)c1. The first-order valence-corrected chi connectivity index (χ1v) is 9.47. The first-order valence-electron chi connectivity index (χ1n) is 8.68. The molecule has 6 nitrogen and oxygen atoms in total. The molecule has 0 radical (unpaired) electrons. The molecule has 3 aromatic rings. The van der Waals surface area contributed by atoms with E-state index in [0.29, 0.717) is 12.5 Å². The molecule has 0 aliphatic heterocycles. The molecule has 0 saturated heterocycles. The fourth-order valence-electron chi connectivity index (χ4n) is 3.50. The summed E-state index contributed by atoms with van der Waals surface area (Å²) >= 11 is 3.55. The van der Waals surface area contributed by atoms with E-state index in [1.807, 2.05) is 16.6 Å². The van der Waals surface area contributed by atoms with Crippen LogP contribution >= 0.6 is 15.9 Å². The molecule has 3 aromatic heterocycles. The molecule has 0 atom stereocenters. The second-order valence-corrected chi connectivity index (χ2v) is 7.43. The van der Waals surface area contributed by atoms with E-state index in [2.05, 4.69) is 32.4 Å². The average molecular weight is 403 g/mol.